The Labute approximate surface area is 170 Å². The first-order valence-corrected chi connectivity index (χ1v) is 9.92. The summed E-state index contributed by atoms with van der Waals surface area (Å²) < 4.78 is 15.1. The van der Waals surface area contributed by atoms with Crippen molar-refractivity contribution < 1.29 is 9.18 Å². The number of nitrogens with zero attached hydrogens (tertiary/aromatic N) is 5. The molecule has 152 valence electrons. The van der Waals surface area contributed by atoms with E-state index in [0.29, 0.717) is 13.1 Å². The highest BCUT2D eigenvalue weighted by molar-refractivity contribution is 5.78. The molecule has 1 saturated heterocycles. The molecule has 0 N–H and O–H groups in total. The van der Waals surface area contributed by atoms with Gasteiger partial charge in [0.1, 0.15) is 11.5 Å². The summed E-state index contributed by atoms with van der Waals surface area (Å²) in [5, 5.41) is 0. The highest BCUT2D eigenvalue weighted by Crippen LogP contribution is 2.11. The molecule has 0 bridgehead atoms. The van der Waals surface area contributed by atoms with E-state index < -0.39 is 0 Å². The Bertz CT molecular complexity index is 930. The van der Waals surface area contributed by atoms with Crippen molar-refractivity contribution in [3.05, 3.63) is 71.9 Å². The van der Waals surface area contributed by atoms with Crippen molar-refractivity contribution in [2.24, 2.45) is 0 Å². The lowest BCUT2D eigenvalue weighted by atomic mass is 10.2. The van der Waals surface area contributed by atoms with Crippen LogP contribution in [0.3, 0.4) is 0 Å². The lowest BCUT2D eigenvalue weighted by Gasteiger charge is -2.34. The first kappa shape index (κ1) is 19.5. The number of imidazole rings is 1. The SMILES string of the molecule is CN(Cc1ccc(F)cc1)C(=O)CN1CCN(Cc2cn3ccccc3n2)CC1. The molecule has 0 aliphatic carbocycles. The number of fused-ring (bicyclic) bond motifs is 1. The summed E-state index contributed by atoms with van der Waals surface area (Å²) in [6.07, 6.45) is 4.09. The summed E-state index contributed by atoms with van der Waals surface area (Å²) in [7, 11) is 1.80. The van der Waals surface area contributed by atoms with Gasteiger partial charge in [0.2, 0.25) is 5.91 Å². The zero-order valence-corrected chi connectivity index (χ0v) is 16.7. The van der Waals surface area contributed by atoms with Crippen molar-refractivity contribution in [2.45, 2.75) is 13.1 Å². The molecule has 1 amide bonds. The second-order valence-corrected chi connectivity index (χ2v) is 7.63. The highest BCUT2D eigenvalue weighted by atomic mass is 19.1. The van der Waals surface area contributed by atoms with Crippen LogP contribution in [0.25, 0.3) is 5.65 Å². The van der Waals surface area contributed by atoms with Crippen LogP contribution in [0.2, 0.25) is 0 Å². The maximum atomic E-state index is 13.0. The summed E-state index contributed by atoms with van der Waals surface area (Å²) in [5.74, 6) is -0.174. The van der Waals surface area contributed by atoms with Crippen LogP contribution in [0, 0.1) is 5.82 Å². The van der Waals surface area contributed by atoms with E-state index in [2.05, 4.69) is 21.0 Å². The van der Waals surface area contributed by atoms with Crippen LogP contribution >= 0.6 is 0 Å². The van der Waals surface area contributed by atoms with Gasteiger partial charge in [0.25, 0.3) is 0 Å². The molecule has 2 aromatic heterocycles. The van der Waals surface area contributed by atoms with Crippen molar-refractivity contribution in [3.8, 4) is 0 Å². The molecule has 3 heterocycles. The lowest BCUT2D eigenvalue weighted by Crippen LogP contribution is -2.49. The van der Waals surface area contributed by atoms with Crippen LogP contribution in [0.4, 0.5) is 4.39 Å². The second-order valence-electron chi connectivity index (χ2n) is 7.63. The fraction of sp³-hybridized carbons (Fsp3) is 0.364. The van der Waals surface area contributed by atoms with E-state index in [-0.39, 0.29) is 11.7 Å². The standard InChI is InChI=1S/C22H26FN5O/c1-25(14-18-5-7-19(23)8-6-18)22(29)17-27-12-10-26(11-13-27)15-20-16-28-9-3-2-4-21(28)24-20/h2-9,16H,10-15,17H2,1H3. The van der Waals surface area contributed by atoms with E-state index in [1.165, 1.54) is 12.1 Å². The highest BCUT2D eigenvalue weighted by Gasteiger charge is 2.21. The van der Waals surface area contributed by atoms with Crippen LogP contribution in [0.1, 0.15) is 11.3 Å². The Hall–Kier alpha value is -2.77. The Morgan fingerprint density at radius 2 is 1.79 bits per heavy atom. The minimum Gasteiger partial charge on any atom is -0.340 e. The number of hydrogen-bond donors (Lipinski definition) is 0. The van der Waals surface area contributed by atoms with Gasteiger partial charge in [-0.1, -0.05) is 18.2 Å². The fourth-order valence-electron chi connectivity index (χ4n) is 3.66. The molecule has 1 aromatic carbocycles. The Morgan fingerprint density at radius 3 is 2.52 bits per heavy atom. The second kappa shape index (κ2) is 8.71. The van der Waals surface area contributed by atoms with Gasteiger partial charge in [-0.3, -0.25) is 14.6 Å². The molecular formula is C22H26FN5O. The number of carbonyl (C=O) groups excluding carboxylic acids is 1. The number of likely N-dealkylation sites (N-methyl/N-ethyl adjacent to an activating group) is 1. The van der Waals surface area contributed by atoms with Gasteiger partial charge in [-0.2, -0.15) is 0 Å². The van der Waals surface area contributed by atoms with Crippen LogP contribution in [-0.2, 0) is 17.9 Å². The van der Waals surface area contributed by atoms with Gasteiger partial charge < -0.3 is 9.30 Å². The Kier molecular flexibility index (Phi) is 5.87. The maximum absolute atomic E-state index is 13.0. The quantitative estimate of drug-likeness (QED) is 0.642. The van der Waals surface area contributed by atoms with Crippen molar-refractivity contribution in [3.63, 3.8) is 0 Å². The molecular weight excluding hydrogens is 369 g/mol. The van der Waals surface area contributed by atoms with Crippen molar-refractivity contribution in [1.82, 2.24) is 24.1 Å². The Morgan fingerprint density at radius 1 is 1.07 bits per heavy atom. The predicted octanol–water partition coefficient (Wildman–Crippen LogP) is 2.25. The normalized spacial score (nSPS) is 15.7. The van der Waals surface area contributed by atoms with E-state index >= 15 is 0 Å². The number of amides is 1. The van der Waals surface area contributed by atoms with E-state index in [1.807, 2.05) is 28.8 Å². The van der Waals surface area contributed by atoms with Crippen molar-refractivity contribution in [2.75, 3.05) is 39.8 Å². The number of pyridine rings is 1. The zero-order valence-electron chi connectivity index (χ0n) is 16.7. The first-order chi connectivity index (χ1) is 14.1. The molecule has 4 rings (SSSR count). The van der Waals surface area contributed by atoms with Crippen LogP contribution in [0.5, 0.6) is 0 Å². The summed E-state index contributed by atoms with van der Waals surface area (Å²) in [6, 6.07) is 12.3. The van der Waals surface area contributed by atoms with Gasteiger partial charge in [0, 0.05) is 58.7 Å². The average molecular weight is 395 g/mol. The molecule has 6 nitrogen and oxygen atoms in total. The predicted molar refractivity (Wildman–Crippen MR) is 110 cm³/mol. The molecule has 0 atom stereocenters. The van der Waals surface area contributed by atoms with Crippen LogP contribution in [0.15, 0.2) is 54.9 Å². The molecule has 0 saturated carbocycles. The van der Waals surface area contributed by atoms with E-state index in [4.69, 9.17) is 0 Å². The molecule has 0 unspecified atom stereocenters. The molecule has 29 heavy (non-hydrogen) atoms. The lowest BCUT2D eigenvalue weighted by molar-refractivity contribution is -0.132. The maximum Gasteiger partial charge on any atom is 0.236 e. The number of rotatable bonds is 6. The third kappa shape index (κ3) is 4.99. The average Bonchev–Trinajstić information content (AvgIpc) is 3.13. The topological polar surface area (TPSA) is 44.1 Å². The molecule has 0 spiro atoms. The third-order valence-corrected chi connectivity index (χ3v) is 5.38. The summed E-state index contributed by atoms with van der Waals surface area (Å²) in [5.41, 5.74) is 2.97. The minimum atomic E-state index is -0.260. The number of piperazine rings is 1. The van der Waals surface area contributed by atoms with Gasteiger partial charge >= 0.3 is 0 Å². The van der Waals surface area contributed by atoms with Gasteiger partial charge in [-0.25, -0.2) is 9.37 Å². The van der Waals surface area contributed by atoms with E-state index in [9.17, 15) is 9.18 Å². The molecule has 1 aliphatic heterocycles. The molecule has 1 fully saturated rings. The number of carbonyl (C=O) groups is 1. The van der Waals surface area contributed by atoms with Gasteiger partial charge in [-0.15, -0.1) is 0 Å². The van der Waals surface area contributed by atoms with Crippen LogP contribution in [-0.4, -0.2) is 69.8 Å². The van der Waals surface area contributed by atoms with Gasteiger partial charge in [0.05, 0.1) is 12.2 Å². The molecule has 3 aromatic rings. The van der Waals surface area contributed by atoms with Crippen LogP contribution < -0.4 is 0 Å². The van der Waals surface area contributed by atoms with Gasteiger partial charge in [0.15, 0.2) is 0 Å². The smallest absolute Gasteiger partial charge is 0.236 e. The monoisotopic (exact) mass is 395 g/mol. The summed E-state index contributed by atoms with van der Waals surface area (Å²) in [6.45, 7) is 5.31. The molecule has 7 heteroatoms. The van der Waals surface area contributed by atoms with E-state index in [0.717, 1.165) is 49.6 Å². The number of aromatic nitrogens is 2. The number of benzene rings is 1. The summed E-state index contributed by atoms with van der Waals surface area (Å²) in [4.78, 5) is 23.5. The summed E-state index contributed by atoms with van der Waals surface area (Å²) >= 11 is 0. The van der Waals surface area contributed by atoms with Crippen molar-refractivity contribution >= 4 is 11.6 Å². The van der Waals surface area contributed by atoms with Crippen molar-refractivity contribution in [1.29, 1.82) is 0 Å². The minimum absolute atomic E-state index is 0.0862. The third-order valence-electron chi connectivity index (χ3n) is 5.38. The largest absolute Gasteiger partial charge is 0.340 e. The fourth-order valence-corrected chi connectivity index (χ4v) is 3.66. The number of hydrogen-bond acceptors (Lipinski definition) is 4. The van der Waals surface area contributed by atoms with Gasteiger partial charge in [-0.05, 0) is 29.8 Å². The number of halogens is 1. The zero-order chi connectivity index (χ0) is 20.2. The van der Waals surface area contributed by atoms with E-state index in [1.54, 1.807) is 24.1 Å². The first-order valence-electron chi connectivity index (χ1n) is 9.92. The molecule has 1 aliphatic rings. The Balaban J connectivity index is 1.23. The molecule has 0 radical (unpaired) electrons.